The highest BCUT2D eigenvalue weighted by atomic mass is 14.9. The molecule has 0 aromatic heterocycles. The summed E-state index contributed by atoms with van der Waals surface area (Å²) >= 11 is 0. The highest BCUT2D eigenvalue weighted by molar-refractivity contribution is 4.55. The van der Waals surface area contributed by atoms with Crippen LogP contribution in [0.5, 0.6) is 0 Å². The SMILES string of the molecule is C1CCCCCNCCCNCCCC1. The van der Waals surface area contributed by atoms with Gasteiger partial charge in [-0.15, -0.1) is 0 Å². The monoisotopic (exact) mass is 212 g/mol. The summed E-state index contributed by atoms with van der Waals surface area (Å²) in [6, 6.07) is 0. The van der Waals surface area contributed by atoms with Crippen LogP contribution < -0.4 is 10.6 Å². The standard InChI is InChI=1S/C13H28N2/c1-2-4-6-8-11-15-13-9-12-14-10-7-5-3-1/h14-15H,1-13H2. The van der Waals surface area contributed by atoms with E-state index in [1.807, 2.05) is 0 Å². The maximum Gasteiger partial charge on any atom is -0.00368 e. The molecule has 1 fully saturated rings. The second-order valence-corrected chi connectivity index (χ2v) is 4.68. The lowest BCUT2D eigenvalue weighted by Gasteiger charge is -2.05. The van der Waals surface area contributed by atoms with Gasteiger partial charge in [-0.3, -0.25) is 0 Å². The van der Waals surface area contributed by atoms with Gasteiger partial charge in [0.2, 0.25) is 0 Å². The van der Waals surface area contributed by atoms with E-state index in [9.17, 15) is 0 Å². The molecule has 15 heavy (non-hydrogen) atoms. The molecule has 0 unspecified atom stereocenters. The van der Waals surface area contributed by atoms with E-state index < -0.39 is 0 Å². The zero-order chi connectivity index (χ0) is 10.6. The van der Waals surface area contributed by atoms with Crippen molar-refractivity contribution in [3.63, 3.8) is 0 Å². The molecule has 0 aromatic rings. The summed E-state index contributed by atoms with van der Waals surface area (Å²) in [5.74, 6) is 0. The Kier molecular flexibility index (Phi) is 9.04. The molecule has 0 aliphatic carbocycles. The maximum atomic E-state index is 3.51. The lowest BCUT2D eigenvalue weighted by molar-refractivity contribution is 0.555. The second-order valence-electron chi connectivity index (χ2n) is 4.68. The van der Waals surface area contributed by atoms with Crippen molar-refractivity contribution in [3.05, 3.63) is 0 Å². The van der Waals surface area contributed by atoms with E-state index in [1.165, 1.54) is 84.0 Å². The average Bonchev–Trinajstić information content (AvgIpc) is 2.27. The zero-order valence-electron chi connectivity index (χ0n) is 10.2. The van der Waals surface area contributed by atoms with E-state index >= 15 is 0 Å². The molecule has 0 aromatic carbocycles. The van der Waals surface area contributed by atoms with Gasteiger partial charge in [0.1, 0.15) is 0 Å². The first kappa shape index (κ1) is 13.0. The molecule has 1 aliphatic heterocycles. The van der Waals surface area contributed by atoms with Gasteiger partial charge in [-0.25, -0.2) is 0 Å². The summed E-state index contributed by atoms with van der Waals surface area (Å²) in [7, 11) is 0. The normalized spacial score (nSPS) is 24.0. The third-order valence-electron chi connectivity index (χ3n) is 3.16. The molecule has 2 nitrogen and oxygen atoms in total. The van der Waals surface area contributed by atoms with Gasteiger partial charge in [0, 0.05) is 0 Å². The van der Waals surface area contributed by atoms with Crippen LogP contribution >= 0.6 is 0 Å². The summed E-state index contributed by atoms with van der Waals surface area (Å²) in [5.41, 5.74) is 0. The van der Waals surface area contributed by atoms with Crippen LogP contribution in [0.2, 0.25) is 0 Å². The minimum Gasteiger partial charge on any atom is -0.317 e. The van der Waals surface area contributed by atoms with E-state index in [0.29, 0.717) is 0 Å². The lowest BCUT2D eigenvalue weighted by atomic mass is 10.1. The quantitative estimate of drug-likeness (QED) is 0.645. The molecule has 0 atom stereocenters. The summed E-state index contributed by atoms with van der Waals surface area (Å²) in [6.45, 7) is 4.82. The Labute approximate surface area is 95.2 Å². The summed E-state index contributed by atoms with van der Waals surface area (Å²) in [5, 5.41) is 7.03. The Bertz CT molecular complexity index is 67.1. The molecule has 0 amide bonds. The largest absolute Gasteiger partial charge is 0.317 e. The fourth-order valence-electron chi connectivity index (χ4n) is 2.15. The van der Waals surface area contributed by atoms with Gasteiger partial charge >= 0.3 is 0 Å². The minimum absolute atomic E-state index is 1.19. The summed E-state index contributed by atoms with van der Waals surface area (Å²) in [6.07, 6.45) is 12.7. The summed E-state index contributed by atoms with van der Waals surface area (Å²) < 4.78 is 0. The van der Waals surface area contributed by atoms with Crippen molar-refractivity contribution >= 4 is 0 Å². The van der Waals surface area contributed by atoms with Crippen LogP contribution in [0.3, 0.4) is 0 Å². The highest BCUT2D eigenvalue weighted by Crippen LogP contribution is 2.08. The van der Waals surface area contributed by atoms with Gasteiger partial charge in [0.05, 0.1) is 0 Å². The number of hydrogen-bond acceptors (Lipinski definition) is 2. The molecule has 0 spiro atoms. The van der Waals surface area contributed by atoms with Gasteiger partial charge in [0.15, 0.2) is 0 Å². The van der Waals surface area contributed by atoms with E-state index in [4.69, 9.17) is 0 Å². The number of rotatable bonds is 0. The van der Waals surface area contributed by atoms with Gasteiger partial charge in [-0.1, -0.05) is 38.5 Å². The predicted molar refractivity (Wildman–Crippen MR) is 67.3 cm³/mol. The van der Waals surface area contributed by atoms with Crippen LogP contribution in [0.4, 0.5) is 0 Å². The van der Waals surface area contributed by atoms with Crippen LogP contribution in [0, 0.1) is 0 Å². The van der Waals surface area contributed by atoms with Crippen molar-refractivity contribution in [1.29, 1.82) is 0 Å². The first-order valence-electron chi connectivity index (χ1n) is 6.91. The zero-order valence-corrected chi connectivity index (χ0v) is 10.2. The third kappa shape index (κ3) is 8.88. The van der Waals surface area contributed by atoms with Gasteiger partial charge < -0.3 is 10.6 Å². The Morgan fingerprint density at radius 2 is 0.667 bits per heavy atom. The lowest BCUT2D eigenvalue weighted by Crippen LogP contribution is -2.23. The Balaban J connectivity index is 2.01. The van der Waals surface area contributed by atoms with Crippen molar-refractivity contribution in [3.8, 4) is 0 Å². The van der Waals surface area contributed by atoms with Crippen LogP contribution in [0.1, 0.15) is 57.8 Å². The minimum atomic E-state index is 1.19. The molecule has 1 saturated heterocycles. The van der Waals surface area contributed by atoms with Crippen molar-refractivity contribution < 1.29 is 0 Å². The first-order chi connectivity index (χ1) is 7.50. The molecular formula is C13H28N2. The van der Waals surface area contributed by atoms with Crippen molar-refractivity contribution in [1.82, 2.24) is 10.6 Å². The van der Waals surface area contributed by atoms with Crippen LogP contribution in [0.15, 0.2) is 0 Å². The smallest absolute Gasteiger partial charge is 0.00368 e. The fraction of sp³-hybridized carbons (Fsp3) is 1.00. The molecule has 2 heteroatoms. The van der Waals surface area contributed by atoms with E-state index in [-0.39, 0.29) is 0 Å². The molecule has 1 heterocycles. The molecule has 0 radical (unpaired) electrons. The molecule has 90 valence electrons. The van der Waals surface area contributed by atoms with Crippen molar-refractivity contribution in [2.24, 2.45) is 0 Å². The number of hydrogen-bond donors (Lipinski definition) is 2. The van der Waals surface area contributed by atoms with Crippen LogP contribution in [-0.4, -0.2) is 26.2 Å². The molecule has 1 rings (SSSR count). The van der Waals surface area contributed by atoms with Crippen molar-refractivity contribution in [2.75, 3.05) is 26.2 Å². The van der Waals surface area contributed by atoms with Gasteiger partial charge in [0.25, 0.3) is 0 Å². The predicted octanol–water partition coefficient (Wildman–Crippen LogP) is 2.69. The Morgan fingerprint density at radius 1 is 0.333 bits per heavy atom. The molecule has 0 saturated carbocycles. The van der Waals surface area contributed by atoms with Crippen molar-refractivity contribution in [2.45, 2.75) is 57.8 Å². The molecule has 0 bridgehead atoms. The first-order valence-corrected chi connectivity index (χ1v) is 6.91. The molecule has 2 N–H and O–H groups in total. The van der Waals surface area contributed by atoms with Crippen LogP contribution in [0.25, 0.3) is 0 Å². The Hall–Kier alpha value is -0.0800. The van der Waals surface area contributed by atoms with Gasteiger partial charge in [-0.05, 0) is 45.4 Å². The Morgan fingerprint density at radius 3 is 1.13 bits per heavy atom. The number of nitrogens with one attached hydrogen (secondary N) is 2. The van der Waals surface area contributed by atoms with E-state index in [0.717, 1.165) is 0 Å². The topological polar surface area (TPSA) is 24.1 Å². The average molecular weight is 212 g/mol. The summed E-state index contributed by atoms with van der Waals surface area (Å²) in [4.78, 5) is 0. The maximum absolute atomic E-state index is 3.51. The fourth-order valence-corrected chi connectivity index (χ4v) is 2.15. The molecular weight excluding hydrogens is 184 g/mol. The van der Waals surface area contributed by atoms with Crippen LogP contribution in [-0.2, 0) is 0 Å². The van der Waals surface area contributed by atoms with E-state index in [1.54, 1.807) is 0 Å². The third-order valence-corrected chi connectivity index (χ3v) is 3.16. The highest BCUT2D eigenvalue weighted by Gasteiger charge is 1.95. The second kappa shape index (κ2) is 10.4. The van der Waals surface area contributed by atoms with E-state index in [2.05, 4.69) is 10.6 Å². The molecule has 1 aliphatic rings. The van der Waals surface area contributed by atoms with Gasteiger partial charge in [-0.2, -0.15) is 0 Å².